The Balaban J connectivity index is 1.10. The molecule has 2 aromatic carbocycles. The summed E-state index contributed by atoms with van der Waals surface area (Å²) in [6, 6.07) is 14.7. The van der Waals surface area contributed by atoms with Gasteiger partial charge in [-0.1, -0.05) is 18.2 Å². The minimum Gasteiger partial charge on any atom is -0.508 e. The lowest BCUT2D eigenvalue weighted by molar-refractivity contribution is 0.0888. The number of phenolic OH excluding ortho intramolecular Hbond substituents is 1. The monoisotopic (exact) mass is 672 g/mol. The van der Waals surface area contributed by atoms with Gasteiger partial charge >= 0.3 is 0 Å². The van der Waals surface area contributed by atoms with E-state index in [1.807, 2.05) is 37.3 Å². The summed E-state index contributed by atoms with van der Waals surface area (Å²) >= 11 is 1.44. The van der Waals surface area contributed by atoms with Crippen LogP contribution in [0.5, 0.6) is 17.4 Å². The topological polar surface area (TPSA) is 129 Å². The number of rotatable bonds is 9. The van der Waals surface area contributed by atoms with Gasteiger partial charge in [0.15, 0.2) is 0 Å². The van der Waals surface area contributed by atoms with Gasteiger partial charge < -0.3 is 25.8 Å². The van der Waals surface area contributed by atoms with Crippen LogP contribution in [0.3, 0.4) is 0 Å². The first-order valence-electron chi connectivity index (χ1n) is 16.4. The van der Waals surface area contributed by atoms with Crippen LogP contribution in [0.25, 0.3) is 11.1 Å². The third-order valence-corrected chi connectivity index (χ3v) is 9.57. The van der Waals surface area contributed by atoms with Gasteiger partial charge in [0, 0.05) is 54.7 Å². The number of halogens is 1. The third kappa shape index (κ3) is 8.36. The molecule has 6 rings (SSSR count). The molecule has 4 N–H and O–H groups in total. The molecule has 1 aliphatic heterocycles. The fraction of sp³-hybridized carbons (Fsp3) is 0.389. The quantitative estimate of drug-likeness (QED) is 0.176. The Morgan fingerprint density at radius 1 is 1.00 bits per heavy atom. The van der Waals surface area contributed by atoms with Crippen LogP contribution in [0.4, 0.5) is 4.39 Å². The molecule has 0 spiro atoms. The second kappa shape index (κ2) is 14.8. The molecule has 2 fully saturated rings. The normalized spacial score (nSPS) is 21.4. The lowest BCUT2D eigenvalue weighted by Gasteiger charge is -2.36. The number of nitrogens with zero attached hydrogens (tertiary/aromatic N) is 3. The number of hydrogen-bond acceptors (Lipinski definition) is 9. The maximum atomic E-state index is 14.3. The molecule has 0 bridgehead atoms. The summed E-state index contributed by atoms with van der Waals surface area (Å²) < 4.78 is 20.4. The summed E-state index contributed by atoms with van der Waals surface area (Å²) in [5, 5.41) is 22.8. The number of amides is 2. The van der Waals surface area contributed by atoms with Crippen LogP contribution in [-0.2, 0) is 6.54 Å². The second-order valence-corrected chi connectivity index (χ2v) is 14.0. The van der Waals surface area contributed by atoms with Gasteiger partial charge in [-0.15, -0.1) is 11.3 Å². The Morgan fingerprint density at radius 3 is 2.38 bits per heavy atom. The van der Waals surface area contributed by atoms with Gasteiger partial charge in [-0.3, -0.25) is 14.5 Å². The molecule has 2 aliphatic rings. The third-order valence-electron chi connectivity index (χ3n) is 8.80. The predicted octanol–water partition coefficient (Wildman–Crippen LogP) is 5.80. The molecule has 4 aromatic rings. The number of carbonyl (C=O) groups excluding carboxylic acids is 2. The summed E-state index contributed by atoms with van der Waals surface area (Å²) in [5.74, 6) is -0.618. The van der Waals surface area contributed by atoms with Crippen molar-refractivity contribution in [1.29, 1.82) is 0 Å². The number of nitrogens with one attached hydrogen (secondary N) is 3. The number of aromatic hydroxyl groups is 1. The van der Waals surface area contributed by atoms with Crippen molar-refractivity contribution < 1.29 is 23.8 Å². The number of phenols is 1. The van der Waals surface area contributed by atoms with Crippen LogP contribution in [0.1, 0.15) is 70.9 Å². The maximum absolute atomic E-state index is 14.3. The lowest BCUT2D eigenvalue weighted by Crippen LogP contribution is -2.53. The van der Waals surface area contributed by atoms with E-state index in [9.17, 15) is 19.1 Å². The number of pyridine rings is 1. The van der Waals surface area contributed by atoms with Crippen molar-refractivity contribution in [2.24, 2.45) is 0 Å². The van der Waals surface area contributed by atoms with Crippen LogP contribution in [0.15, 0.2) is 60.1 Å². The summed E-state index contributed by atoms with van der Waals surface area (Å²) in [7, 11) is 0. The van der Waals surface area contributed by atoms with Gasteiger partial charge in [-0.05, 0) is 87.9 Å². The fourth-order valence-corrected chi connectivity index (χ4v) is 7.19. The molecule has 0 unspecified atom stereocenters. The Morgan fingerprint density at radius 2 is 1.69 bits per heavy atom. The molecule has 1 saturated heterocycles. The highest BCUT2D eigenvalue weighted by atomic mass is 32.1. The first-order valence-corrected chi connectivity index (χ1v) is 17.3. The summed E-state index contributed by atoms with van der Waals surface area (Å²) in [5.41, 5.74) is 3.03. The average molecular weight is 673 g/mol. The molecule has 252 valence electrons. The number of thiazole rings is 1. The SMILES string of the molecule is Cc1nc(C(=O)N[C@H]2CC[C@H](NC(=O)c3cc(F)cnc3Oc3cccc(-c4ccc(O)c(CN5C[C@@H](C)N[C@@H](C)C5)c4)c3)CC2)cs1. The molecule has 3 heterocycles. The first-order chi connectivity index (χ1) is 23.1. The molecular formula is C36H41FN6O4S. The molecule has 0 radical (unpaired) electrons. The van der Waals surface area contributed by atoms with E-state index in [0.717, 1.165) is 47.1 Å². The highest BCUT2D eigenvalue weighted by Gasteiger charge is 2.27. The number of benzene rings is 2. The molecule has 48 heavy (non-hydrogen) atoms. The molecule has 1 saturated carbocycles. The highest BCUT2D eigenvalue weighted by Crippen LogP contribution is 2.32. The van der Waals surface area contributed by atoms with Crippen molar-refractivity contribution in [2.45, 2.75) is 77.2 Å². The highest BCUT2D eigenvalue weighted by molar-refractivity contribution is 7.09. The predicted molar refractivity (Wildman–Crippen MR) is 183 cm³/mol. The van der Waals surface area contributed by atoms with Crippen molar-refractivity contribution in [3.8, 4) is 28.5 Å². The van der Waals surface area contributed by atoms with Crippen molar-refractivity contribution >= 4 is 23.2 Å². The zero-order valence-electron chi connectivity index (χ0n) is 27.3. The van der Waals surface area contributed by atoms with E-state index in [-0.39, 0.29) is 35.2 Å². The number of carbonyl (C=O) groups is 2. The summed E-state index contributed by atoms with van der Waals surface area (Å²) in [4.78, 5) is 36.6. The lowest BCUT2D eigenvalue weighted by atomic mass is 9.91. The Bertz CT molecular complexity index is 1760. The van der Waals surface area contributed by atoms with E-state index in [1.54, 1.807) is 17.5 Å². The Hall–Kier alpha value is -4.39. The smallest absolute Gasteiger partial charge is 0.270 e. The molecule has 2 atom stereocenters. The van der Waals surface area contributed by atoms with E-state index in [1.165, 1.54) is 11.3 Å². The molecule has 2 aromatic heterocycles. The van der Waals surface area contributed by atoms with E-state index in [0.29, 0.717) is 55.8 Å². The number of piperazine rings is 1. The van der Waals surface area contributed by atoms with E-state index < -0.39 is 11.7 Å². The number of ether oxygens (including phenoxy) is 1. The van der Waals surface area contributed by atoms with Gasteiger partial charge in [0.1, 0.15) is 28.6 Å². The van der Waals surface area contributed by atoms with Crippen LogP contribution in [0.2, 0.25) is 0 Å². The average Bonchev–Trinajstić information content (AvgIpc) is 3.50. The maximum Gasteiger partial charge on any atom is 0.270 e. The summed E-state index contributed by atoms with van der Waals surface area (Å²) in [6.45, 7) is 8.60. The Labute approximate surface area is 283 Å². The number of hydrogen-bond donors (Lipinski definition) is 4. The minimum atomic E-state index is -0.644. The van der Waals surface area contributed by atoms with Crippen molar-refractivity contribution in [3.05, 3.63) is 87.8 Å². The van der Waals surface area contributed by atoms with Crippen LogP contribution >= 0.6 is 11.3 Å². The van der Waals surface area contributed by atoms with Gasteiger partial charge in [0.2, 0.25) is 5.88 Å². The van der Waals surface area contributed by atoms with Gasteiger partial charge in [0.05, 0.1) is 11.2 Å². The van der Waals surface area contributed by atoms with Crippen LogP contribution in [0, 0.1) is 12.7 Å². The van der Waals surface area contributed by atoms with Gasteiger partial charge in [-0.2, -0.15) is 0 Å². The molecule has 2 amide bonds. The zero-order chi connectivity index (χ0) is 33.8. The van der Waals surface area contributed by atoms with Gasteiger partial charge in [-0.25, -0.2) is 14.4 Å². The van der Waals surface area contributed by atoms with Gasteiger partial charge in [0.25, 0.3) is 11.8 Å². The van der Waals surface area contributed by atoms with Crippen molar-refractivity contribution in [1.82, 2.24) is 30.8 Å². The molecular weight excluding hydrogens is 631 g/mol. The van der Waals surface area contributed by atoms with E-state index >= 15 is 0 Å². The Kier molecular flexibility index (Phi) is 10.3. The zero-order valence-corrected chi connectivity index (χ0v) is 28.1. The number of aromatic nitrogens is 2. The molecule has 1 aliphatic carbocycles. The number of aryl methyl sites for hydroxylation is 1. The minimum absolute atomic E-state index is 0.00102. The standard InChI is InChI=1S/C36H41FN6O4S/c1-21-17-43(18-22(2)39-21)19-26-13-25(7-12-33(26)44)24-5-4-6-30(14-24)47-36-31(15-27(37)16-38-36)34(45)41-28-8-10-29(11-9-28)42-35(46)32-20-48-23(3)40-32/h4-7,12-16,20-22,28-29,39,44H,8-11,17-19H2,1-3H3,(H,41,45)(H,42,46)/t21-,22+,28-,29-. The van der Waals surface area contributed by atoms with E-state index in [4.69, 9.17) is 4.74 Å². The van der Waals surface area contributed by atoms with E-state index in [2.05, 4.69) is 44.7 Å². The van der Waals surface area contributed by atoms with Crippen molar-refractivity contribution in [3.63, 3.8) is 0 Å². The largest absolute Gasteiger partial charge is 0.508 e. The van der Waals surface area contributed by atoms with Crippen LogP contribution < -0.4 is 20.7 Å². The summed E-state index contributed by atoms with van der Waals surface area (Å²) in [6.07, 6.45) is 3.75. The first kappa shape index (κ1) is 33.5. The fourth-order valence-electron chi connectivity index (χ4n) is 6.60. The molecule has 12 heteroatoms. The van der Waals surface area contributed by atoms with Crippen molar-refractivity contribution in [2.75, 3.05) is 13.1 Å². The van der Waals surface area contributed by atoms with Crippen LogP contribution in [-0.4, -0.2) is 69.0 Å². The second-order valence-electron chi connectivity index (χ2n) is 12.9. The molecule has 10 nitrogen and oxygen atoms in total.